The van der Waals surface area contributed by atoms with Crippen LogP contribution in [0.1, 0.15) is 0 Å². The van der Waals surface area contributed by atoms with Crippen molar-refractivity contribution in [2.24, 2.45) is 0 Å². The molecule has 1 aromatic rings. The van der Waals surface area contributed by atoms with Crippen LogP contribution in [-0.4, -0.2) is 18.4 Å². The molecule has 0 aliphatic carbocycles. The van der Waals surface area contributed by atoms with Crippen LogP contribution in [0.4, 0.5) is 0 Å². The van der Waals surface area contributed by atoms with E-state index >= 15 is 0 Å². The van der Waals surface area contributed by atoms with Gasteiger partial charge >= 0.3 is 0 Å². The first kappa shape index (κ1) is 8.88. The van der Waals surface area contributed by atoms with E-state index in [1.807, 2.05) is 0 Å². The Balaban J connectivity index is 2.91. The Bertz CT molecular complexity index is 249. The maximum Gasteiger partial charge on any atom is 0.00699 e. The van der Waals surface area contributed by atoms with E-state index in [1.54, 1.807) is 11.8 Å². The molecule has 60 valence electrons. The first-order valence-electron chi connectivity index (χ1n) is 3.33. The van der Waals surface area contributed by atoms with Crippen molar-refractivity contribution in [3.8, 4) is 0 Å². The Morgan fingerprint density at radius 2 is 1.82 bits per heavy atom. The van der Waals surface area contributed by atoms with Crippen LogP contribution in [-0.2, 0) is 0 Å². The van der Waals surface area contributed by atoms with Gasteiger partial charge in [0.2, 0.25) is 0 Å². The number of benzene rings is 1. The van der Waals surface area contributed by atoms with Crippen molar-refractivity contribution in [1.29, 1.82) is 0 Å². The molecule has 0 bridgehead atoms. The Morgan fingerprint density at radius 3 is 2.18 bits per heavy atom. The van der Waals surface area contributed by atoms with Gasteiger partial charge in [-0.25, -0.2) is 0 Å². The molecular weight excluding hydrogens is 172 g/mol. The lowest BCUT2D eigenvalue weighted by Gasteiger charge is -2.00. The number of rotatable bonds is 2. The Labute approximate surface area is 74.9 Å². The van der Waals surface area contributed by atoms with E-state index in [4.69, 9.17) is 0 Å². The zero-order valence-corrected chi connectivity index (χ0v) is 8.47. The van der Waals surface area contributed by atoms with Crippen molar-refractivity contribution in [3.63, 3.8) is 0 Å². The number of thioether (sulfide) groups is 1. The third-order valence-corrected chi connectivity index (χ3v) is 3.28. The molecule has 11 heavy (non-hydrogen) atoms. The minimum Gasteiger partial charge on any atom is -0.165 e. The highest BCUT2D eigenvalue weighted by Crippen LogP contribution is 2.23. The van der Waals surface area contributed by atoms with Crippen LogP contribution in [0.15, 0.2) is 34.1 Å². The molecule has 0 aliphatic rings. The normalized spacial score (nSPS) is 12.9. The molecule has 0 heterocycles. The van der Waals surface area contributed by atoms with Gasteiger partial charge in [-0.15, -0.1) is 11.8 Å². The van der Waals surface area contributed by atoms with Crippen LogP contribution in [0.3, 0.4) is 0 Å². The zero-order chi connectivity index (χ0) is 8.27. The second-order valence-electron chi connectivity index (χ2n) is 2.31. The summed E-state index contributed by atoms with van der Waals surface area (Å²) in [5.41, 5.74) is 0. The van der Waals surface area contributed by atoms with Gasteiger partial charge in [0, 0.05) is 9.79 Å². The maximum atomic E-state index is 3.99. The SMILES string of the molecule is C=S(C)c1ccc(SC)cc1. The van der Waals surface area contributed by atoms with Gasteiger partial charge in [-0.1, -0.05) is 5.87 Å². The monoisotopic (exact) mass is 184 g/mol. The van der Waals surface area contributed by atoms with Crippen LogP contribution in [0, 0.1) is 0 Å². The minimum absolute atomic E-state index is 0.152. The van der Waals surface area contributed by atoms with Crippen molar-refractivity contribution < 1.29 is 0 Å². The first-order valence-corrected chi connectivity index (χ1v) is 6.36. The smallest absolute Gasteiger partial charge is 0.00699 e. The van der Waals surface area contributed by atoms with Gasteiger partial charge in [-0.2, -0.15) is 10.5 Å². The molecular formula is C9H12S2. The van der Waals surface area contributed by atoms with E-state index < -0.39 is 0 Å². The van der Waals surface area contributed by atoms with Crippen LogP contribution in [0.5, 0.6) is 0 Å². The zero-order valence-electron chi connectivity index (χ0n) is 6.83. The predicted octanol–water partition coefficient (Wildman–Crippen LogP) is 3.10. The molecule has 1 atom stereocenters. The Hall–Kier alpha value is -0.210. The Kier molecular flexibility index (Phi) is 3.21. The topological polar surface area (TPSA) is 0 Å². The average Bonchev–Trinajstić information content (AvgIpc) is 2.05. The van der Waals surface area contributed by atoms with Gasteiger partial charge in [-0.05, 0) is 36.8 Å². The average molecular weight is 184 g/mol. The number of hydrogen-bond acceptors (Lipinski definition) is 1. The molecule has 1 rings (SSSR count). The highest BCUT2D eigenvalue weighted by Gasteiger charge is 1.91. The van der Waals surface area contributed by atoms with Crippen molar-refractivity contribution in [2.75, 3.05) is 12.5 Å². The maximum absolute atomic E-state index is 3.99. The molecule has 0 spiro atoms. The summed E-state index contributed by atoms with van der Waals surface area (Å²) in [6.45, 7) is 0. The molecule has 0 aliphatic heterocycles. The largest absolute Gasteiger partial charge is 0.165 e. The lowest BCUT2D eigenvalue weighted by atomic mass is 10.4. The van der Waals surface area contributed by atoms with Crippen LogP contribution >= 0.6 is 22.2 Å². The summed E-state index contributed by atoms with van der Waals surface area (Å²) in [6, 6.07) is 8.60. The molecule has 0 aromatic heterocycles. The summed E-state index contributed by atoms with van der Waals surface area (Å²) >= 11 is 1.77. The summed E-state index contributed by atoms with van der Waals surface area (Å²) in [5.74, 6) is 3.99. The van der Waals surface area contributed by atoms with Gasteiger partial charge in [0.05, 0.1) is 0 Å². The summed E-state index contributed by atoms with van der Waals surface area (Å²) in [6.07, 6.45) is 4.22. The molecule has 1 unspecified atom stereocenters. The minimum atomic E-state index is 0.152. The number of hydrogen-bond donors (Lipinski definition) is 0. The van der Waals surface area contributed by atoms with E-state index in [-0.39, 0.29) is 10.5 Å². The summed E-state index contributed by atoms with van der Waals surface area (Å²) in [4.78, 5) is 2.65. The highest BCUT2D eigenvalue weighted by molar-refractivity contribution is 8.13. The molecule has 0 fully saturated rings. The van der Waals surface area contributed by atoms with E-state index in [9.17, 15) is 0 Å². The molecule has 2 heteroatoms. The molecule has 0 nitrogen and oxygen atoms in total. The van der Waals surface area contributed by atoms with Gasteiger partial charge in [0.25, 0.3) is 0 Å². The fraction of sp³-hybridized carbons (Fsp3) is 0.222. The fourth-order valence-corrected chi connectivity index (χ4v) is 1.82. The highest BCUT2D eigenvalue weighted by atomic mass is 32.2. The van der Waals surface area contributed by atoms with Crippen molar-refractivity contribution in [1.82, 2.24) is 0 Å². The summed E-state index contributed by atoms with van der Waals surface area (Å²) in [5, 5.41) is 0. The van der Waals surface area contributed by atoms with Gasteiger partial charge < -0.3 is 0 Å². The third kappa shape index (κ3) is 2.38. The fourth-order valence-electron chi connectivity index (χ4n) is 0.808. The van der Waals surface area contributed by atoms with E-state index in [2.05, 4.69) is 42.6 Å². The van der Waals surface area contributed by atoms with Gasteiger partial charge in [0.15, 0.2) is 0 Å². The molecule has 0 saturated carbocycles. The van der Waals surface area contributed by atoms with Crippen LogP contribution in [0.2, 0.25) is 0 Å². The molecule has 0 N–H and O–H groups in total. The molecule has 0 radical (unpaired) electrons. The first-order chi connectivity index (χ1) is 5.24. The van der Waals surface area contributed by atoms with Crippen molar-refractivity contribution in [3.05, 3.63) is 24.3 Å². The van der Waals surface area contributed by atoms with E-state index in [0.29, 0.717) is 0 Å². The molecule has 0 amide bonds. The van der Waals surface area contributed by atoms with E-state index in [0.717, 1.165) is 0 Å². The van der Waals surface area contributed by atoms with Crippen molar-refractivity contribution >= 4 is 28.1 Å². The predicted molar refractivity (Wildman–Crippen MR) is 57.1 cm³/mol. The van der Waals surface area contributed by atoms with E-state index in [1.165, 1.54) is 9.79 Å². The second kappa shape index (κ2) is 3.98. The lowest BCUT2D eigenvalue weighted by Crippen LogP contribution is -1.72. The van der Waals surface area contributed by atoms with Gasteiger partial charge in [-0.3, -0.25) is 0 Å². The lowest BCUT2D eigenvalue weighted by molar-refractivity contribution is 1.36. The summed E-state index contributed by atoms with van der Waals surface area (Å²) in [7, 11) is 0.152. The second-order valence-corrected chi connectivity index (χ2v) is 4.94. The van der Waals surface area contributed by atoms with Gasteiger partial charge in [0.1, 0.15) is 0 Å². The molecule has 0 saturated heterocycles. The molecule has 1 aromatic carbocycles. The standard InChI is InChI=1S/C9H12S2/c1-10-8-4-6-9(7-5-8)11(2)3/h4-7H,2H2,1,3H3. The Morgan fingerprint density at radius 1 is 1.27 bits per heavy atom. The van der Waals surface area contributed by atoms with Crippen molar-refractivity contribution in [2.45, 2.75) is 9.79 Å². The summed E-state index contributed by atoms with van der Waals surface area (Å²) < 4.78 is 0. The van der Waals surface area contributed by atoms with Crippen LogP contribution in [0.25, 0.3) is 0 Å². The third-order valence-electron chi connectivity index (χ3n) is 1.46. The van der Waals surface area contributed by atoms with Crippen LogP contribution < -0.4 is 0 Å². The quantitative estimate of drug-likeness (QED) is 0.503.